The number of nitrogens with two attached hydrogens (primary N) is 1. The first-order valence-electron chi connectivity index (χ1n) is 8.51. The molecule has 28 heavy (non-hydrogen) atoms. The largest absolute Gasteiger partial charge is 0.495 e. The van der Waals surface area contributed by atoms with Crippen LogP contribution in [0.1, 0.15) is 11.4 Å². The molecule has 3 rings (SSSR count). The Hall–Kier alpha value is -3.20. The Morgan fingerprint density at radius 1 is 1.21 bits per heavy atom. The van der Waals surface area contributed by atoms with E-state index in [1.807, 2.05) is 55.5 Å². The Labute approximate surface area is 167 Å². The lowest BCUT2D eigenvalue weighted by molar-refractivity contribution is -0.113. The summed E-state index contributed by atoms with van der Waals surface area (Å²) in [5.74, 6) is 7.73. The average molecular weight is 399 g/mol. The number of thioether (sulfide) groups is 1. The van der Waals surface area contributed by atoms with Gasteiger partial charge in [0.15, 0.2) is 5.82 Å². The second-order valence-corrected chi connectivity index (χ2v) is 6.85. The average Bonchev–Trinajstić information content (AvgIpc) is 3.05. The minimum atomic E-state index is -0.195. The highest BCUT2D eigenvalue weighted by atomic mass is 32.2. The van der Waals surface area contributed by atoms with Gasteiger partial charge in [-0.3, -0.25) is 4.79 Å². The Kier molecular flexibility index (Phi) is 6.38. The zero-order valence-corrected chi connectivity index (χ0v) is 16.4. The van der Waals surface area contributed by atoms with Gasteiger partial charge in [0.25, 0.3) is 0 Å². The fourth-order valence-corrected chi connectivity index (χ4v) is 3.08. The molecule has 0 saturated heterocycles. The number of para-hydroxylation sites is 1. The summed E-state index contributed by atoms with van der Waals surface area (Å²) in [6.07, 6.45) is 0. The normalized spacial score (nSPS) is 10.5. The molecule has 0 bridgehead atoms. The molecule has 0 atom stereocenters. The number of aryl methyl sites for hydroxylation is 1. The number of amides is 1. The first kappa shape index (κ1) is 19.6. The second kappa shape index (κ2) is 9.14. The van der Waals surface area contributed by atoms with Crippen molar-refractivity contribution in [2.75, 3.05) is 24.0 Å². The number of hydrogen-bond donors (Lipinski definition) is 2. The van der Waals surface area contributed by atoms with E-state index in [4.69, 9.17) is 15.3 Å². The van der Waals surface area contributed by atoms with E-state index >= 15 is 0 Å². The maximum Gasteiger partial charge on any atom is 0.234 e. The van der Waals surface area contributed by atoms with Gasteiger partial charge in [0.2, 0.25) is 11.1 Å². The maximum atomic E-state index is 12.3. The predicted molar refractivity (Wildman–Crippen MR) is 108 cm³/mol. The van der Waals surface area contributed by atoms with Gasteiger partial charge in [0, 0.05) is 0 Å². The quantitative estimate of drug-likeness (QED) is 0.443. The molecule has 0 radical (unpaired) electrons. The lowest BCUT2D eigenvalue weighted by Crippen LogP contribution is -2.18. The third-order valence-electron chi connectivity index (χ3n) is 3.81. The summed E-state index contributed by atoms with van der Waals surface area (Å²) in [7, 11) is 1.56. The number of carbonyl (C=O) groups excluding carboxylic acids is 1. The van der Waals surface area contributed by atoms with Crippen molar-refractivity contribution in [3.05, 3.63) is 59.9 Å². The molecular weight excluding hydrogens is 378 g/mol. The van der Waals surface area contributed by atoms with E-state index in [2.05, 4.69) is 15.5 Å². The van der Waals surface area contributed by atoms with E-state index in [1.165, 1.54) is 16.4 Å². The van der Waals surface area contributed by atoms with E-state index in [-0.39, 0.29) is 18.3 Å². The van der Waals surface area contributed by atoms with Gasteiger partial charge < -0.3 is 20.6 Å². The molecule has 1 heterocycles. The SMILES string of the molecule is COc1ccc(C)cc1NC(=O)CSc1nnc(COc2ccccc2)n1N. The summed E-state index contributed by atoms with van der Waals surface area (Å²) < 4.78 is 12.2. The van der Waals surface area contributed by atoms with E-state index in [1.54, 1.807) is 7.11 Å². The molecule has 0 unspecified atom stereocenters. The number of nitrogens with zero attached hydrogens (tertiary/aromatic N) is 3. The standard InChI is InChI=1S/C19H21N5O3S/c1-13-8-9-16(26-2)15(10-13)21-18(25)12-28-19-23-22-17(24(19)20)11-27-14-6-4-3-5-7-14/h3-10H,11-12,20H2,1-2H3,(H,21,25). The van der Waals surface area contributed by atoms with Crippen molar-refractivity contribution < 1.29 is 14.3 Å². The molecule has 0 saturated carbocycles. The number of benzene rings is 2. The van der Waals surface area contributed by atoms with Crippen molar-refractivity contribution in [3.8, 4) is 11.5 Å². The number of rotatable bonds is 8. The number of methoxy groups -OCH3 is 1. The monoisotopic (exact) mass is 399 g/mol. The summed E-state index contributed by atoms with van der Waals surface area (Å²) in [5, 5.41) is 11.3. The highest BCUT2D eigenvalue weighted by Crippen LogP contribution is 2.25. The van der Waals surface area contributed by atoms with Crippen LogP contribution in [0.3, 0.4) is 0 Å². The molecule has 2 aromatic carbocycles. The summed E-state index contributed by atoms with van der Waals surface area (Å²) >= 11 is 1.19. The first-order valence-corrected chi connectivity index (χ1v) is 9.50. The molecular formula is C19H21N5O3S. The molecule has 1 aromatic heterocycles. The van der Waals surface area contributed by atoms with Gasteiger partial charge in [-0.25, -0.2) is 4.68 Å². The zero-order chi connectivity index (χ0) is 19.9. The van der Waals surface area contributed by atoms with Gasteiger partial charge in [-0.05, 0) is 36.8 Å². The van der Waals surface area contributed by atoms with Crippen molar-refractivity contribution in [2.24, 2.45) is 0 Å². The fraction of sp³-hybridized carbons (Fsp3) is 0.211. The fourth-order valence-electron chi connectivity index (χ4n) is 2.40. The number of ether oxygens (including phenoxy) is 2. The summed E-state index contributed by atoms with van der Waals surface area (Å²) in [5.41, 5.74) is 1.65. The van der Waals surface area contributed by atoms with Crippen LogP contribution >= 0.6 is 11.8 Å². The van der Waals surface area contributed by atoms with Crippen LogP contribution in [0, 0.1) is 6.92 Å². The number of hydrogen-bond acceptors (Lipinski definition) is 7. The van der Waals surface area contributed by atoms with E-state index in [0.29, 0.717) is 28.2 Å². The van der Waals surface area contributed by atoms with Gasteiger partial charge in [-0.2, -0.15) is 0 Å². The van der Waals surface area contributed by atoms with Gasteiger partial charge in [-0.15, -0.1) is 10.2 Å². The topological polar surface area (TPSA) is 104 Å². The van der Waals surface area contributed by atoms with Crippen LogP contribution in [0.2, 0.25) is 0 Å². The molecule has 0 aliphatic heterocycles. The van der Waals surface area contributed by atoms with Gasteiger partial charge in [0.1, 0.15) is 18.1 Å². The predicted octanol–water partition coefficient (Wildman–Crippen LogP) is 2.62. The van der Waals surface area contributed by atoms with Crippen molar-refractivity contribution >= 4 is 23.4 Å². The summed E-state index contributed by atoms with van der Waals surface area (Å²) in [6.45, 7) is 2.13. The molecule has 0 aliphatic rings. The third kappa shape index (κ3) is 4.95. The van der Waals surface area contributed by atoms with Crippen LogP contribution in [-0.4, -0.2) is 33.6 Å². The lowest BCUT2D eigenvalue weighted by Gasteiger charge is -2.11. The van der Waals surface area contributed by atoms with Crippen LogP contribution in [0.5, 0.6) is 11.5 Å². The molecule has 146 valence electrons. The molecule has 1 amide bonds. The molecule has 3 aromatic rings. The Morgan fingerprint density at radius 3 is 2.75 bits per heavy atom. The summed E-state index contributed by atoms with van der Waals surface area (Å²) in [6, 6.07) is 14.9. The van der Waals surface area contributed by atoms with Crippen LogP contribution in [0.25, 0.3) is 0 Å². The molecule has 8 nitrogen and oxygen atoms in total. The van der Waals surface area contributed by atoms with Crippen molar-refractivity contribution in [1.29, 1.82) is 0 Å². The van der Waals surface area contributed by atoms with E-state index in [9.17, 15) is 4.79 Å². The van der Waals surface area contributed by atoms with E-state index in [0.717, 1.165) is 5.56 Å². The Bertz CT molecular complexity index is 946. The molecule has 3 N–H and O–H groups in total. The van der Waals surface area contributed by atoms with Crippen molar-refractivity contribution in [1.82, 2.24) is 14.9 Å². The molecule has 9 heteroatoms. The van der Waals surface area contributed by atoms with Crippen LogP contribution in [-0.2, 0) is 11.4 Å². The maximum absolute atomic E-state index is 12.3. The third-order valence-corrected chi connectivity index (χ3v) is 4.75. The van der Waals surface area contributed by atoms with Gasteiger partial charge in [-0.1, -0.05) is 36.0 Å². The van der Waals surface area contributed by atoms with Gasteiger partial charge in [0.05, 0.1) is 18.6 Å². The number of aromatic nitrogens is 3. The highest BCUT2D eigenvalue weighted by molar-refractivity contribution is 7.99. The number of nitrogen functional groups attached to an aromatic ring is 1. The van der Waals surface area contributed by atoms with Crippen molar-refractivity contribution in [3.63, 3.8) is 0 Å². The van der Waals surface area contributed by atoms with Gasteiger partial charge >= 0.3 is 0 Å². The minimum Gasteiger partial charge on any atom is -0.495 e. The first-order chi connectivity index (χ1) is 13.6. The number of carbonyl (C=O) groups is 1. The Morgan fingerprint density at radius 2 is 2.00 bits per heavy atom. The molecule has 0 spiro atoms. The lowest BCUT2D eigenvalue weighted by atomic mass is 10.2. The van der Waals surface area contributed by atoms with Crippen LogP contribution in [0.15, 0.2) is 53.7 Å². The second-order valence-electron chi connectivity index (χ2n) is 5.91. The summed E-state index contributed by atoms with van der Waals surface area (Å²) in [4.78, 5) is 12.3. The Balaban J connectivity index is 1.55. The van der Waals surface area contributed by atoms with Crippen LogP contribution in [0.4, 0.5) is 5.69 Å². The smallest absolute Gasteiger partial charge is 0.234 e. The zero-order valence-electron chi connectivity index (χ0n) is 15.6. The molecule has 0 aliphatic carbocycles. The number of anilines is 1. The minimum absolute atomic E-state index is 0.131. The van der Waals surface area contributed by atoms with Crippen LogP contribution < -0.4 is 20.6 Å². The van der Waals surface area contributed by atoms with E-state index < -0.39 is 0 Å². The highest BCUT2D eigenvalue weighted by Gasteiger charge is 2.14. The molecule has 0 fully saturated rings. The number of nitrogens with one attached hydrogen (secondary N) is 1. The van der Waals surface area contributed by atoms with Crippen molar-refractivity contribution in [2.45, 2.75) is 18.7 Å².